The highest BCUT2D eigenvalue weighted by Gasteiger charge is 2.34. The highest BCUT2D eigenvalue weighted by molar-refractivity contribution is 9.10. The Labute approximate surface area is 139 Å². The Kier molecular flexibility index (Phi) is 4.56. The van der Waals surface area contributed by atoms with Gasteiger partial charge in [0.1, 0.15) is 0 Å². The van der Waals surface area contributed by atoms with Gasteiger partial charge < -0.3 is 4.90 Å². The zero-order valence-corrected chi connectivity index (χ0v) is 14.6. The molecule has 0 saturated carbocycles. The van der Waals surface area contributed by atoms with Gasteiger partial charge in [0.25, 0.3) is 5.91 Å². The van der Waals surface area contributed by atoms with Crippen LogP contribution in [0.4, 0.5) is 0 Å². The van der Waals surface area contributed by atoms with Crippen molar-refractivity contribution in [2.45, 2.75) is 12.5 Å². The van der Waals surface area contributed by atoms with Gasteiger partial charge in [-0.1, -0.05) is 15.9 Å². The van der Waals surface area contributed by atoms with Crippen LogP contribution >= 0.6 is 15.9 Å². The Morgan fingerprint density at radius 1 is 1.09 bits per heavy atom. The van der Waals surface area contributed by atoms with E-state index in [1.54, 1.807) is 0 Å². The van der Waals surface area contributed by atoms with Gasteiger partial charge in [-0.25, -0.2) is 8.42 Å². The maximum absolute atomic E-state index is 12.4. The summed E-state index contributed by atoms with van der Waals surface area (Å²) in [6.07, 6.45) is 0.725. The van der Waals surface area contributed by atoms with E-state index in [2.05, 4.69) is 20.8 Å². The molecule has 2 fully saturated rings. The number of halogens is 1. The normalized spacial score (nSPS) is 25.3. The first kappa shape index (κ1) is 16.0. The second-order valence-corrected chi connectivity index (χ2v) is 9.04. The van der Waals surface area contributed by atoms with Gasteiger partial charge in [-0.3, -0.25) is 9.69 Å². The molecule has 120 valence electrons. The monoisotopic (exact) mass is 386 g/mol. The van der Waals surface area contributed by atoms with Crippen molar-refractivity contribution in [3.63, 3.8) is 0 Å². The summed E-state index contributed by atoms with van der Waals surface area (Å²) in [5.74, 6) is 0.620. The van der Waals surface area contributed by atoms with Crippen LogP contribution in [0.2, 0.25) is 0 Å². The molecule has 0 aromatic heterocycles. The fourth-order valence-corrected chi connectivity index (χ4v) is 5.15. The van der Waals surface area contributed by atoms with Crippen molar-refractivity contribution in [3.05, 3.63) is 34.3 Å². The van der Waals surface area contributed by atoms with Gasteiger partial charge in [0.05, 0.1) is 11.5 Å². The van der Waals surface area contributed by atoms with Crippen LogP contribution < -0.4 is 0 Å². The molecule has 0 bridgehead atoms. The standard InChI is InChI=1S/C15H19BrN2O3S/c16-13-3-1-12(2-4-13)15(19)18-8-6-17(7-9-18)14-5-10-22(20,21)11-14/h1-4,14H,5-11H2. The SMILES string of the molecule is O=C(c1ccc(Br)cc1)N1CCN(C2CCS(=O)(=O)C2)CC1. The lowest BCUT2D eigenvalue weighted by Gasteiger charge is -2.37. The molecule has 1 unspecified atom stereocenters. The van der Waals surface area contributed by atoms with E-state index in [0.29, 0.717) is 24.4 Å². The number of hydrogen-bond acceptors (Lipinski definition) is 4. The molecule has 3 rings (SSSR count). The van der Waals surface area contributed by atoms with Crippen molar-refractivity contribution in [3.8, 4) is 0 Å². The molecule has 2 saturated heterocycles. The summed E-state index contributed by atoms with van der Waals surface area (Å²) in [7, 11) is -2.85. The molecule has 0 radical (unpaired) electrons. The maximum atomic E-state index is 12.4. The number of hydrogen-bond donors (Lipinski definition) is 0. The van der Waals surface area contributed by atoms with E-state index in [4.69, 9.17) is 0 Å². The molecular weight excluding hydrogens is 368 g/mol. The lowest BCUT2D eigenvalue weighted by molar-refractivity contribution is 0.0588. The first-order chi connectivity index (χ1) is 10.4. The number of benzene rings is 1. The predicted octanol–water partition coefficient (Wildman–Crippen LogP) is 1.39. The second-order valence-electron chi connectivity index (χ2n) is 5.89. The molecule has 1 amide bonds. The van der Waals surface area contributed by atoms with Gasteiger partial charge in [-0.2, -0.15) is 0 Å². The third kappa shape index (κ3) is 3.52. The van der Waals surface area contributed by atoms with E-state index in [9.17, 15) is 13.2 Å². The van der Waals surface area contributed by atoms with Crippen molar-refractivity contribution >= 4 is 31.7 Å². The van der Waals surface area contributed by atoms with Gasteiger partial charge in [-0.05, 0) is 30.7 Å². The van der Waals surface area contributed by atoms with Crippen molar-refractivity contribution in [2.24, 2.45) is 0 Å². The fraction of sp³-hybridized carbons (Fsp3) is 0.533. The summed E-state index contributed by atoms with van der Waals surface area (Å²) >= 11 is 3.36. The Bertz CT molecular complexity index is 652. The van der Waals surface area contributed by atoms with Crippen LogP contribution in [-0.2, 0) is 9.84 Å². The summed E-state index contributed by atoms with van der Waals surface area (Å²) in [5.41, 5.74) is 0.695. The number of carbonyl (C=O) groups excluding carboxylic acids is 1. The van der Waals surface area contributed by atoms with E-state index in [1.807, 2.05) is 29.2 Å². The minimum atomic E-state index is -2.85. The molecule has 22 heavy (non-hydrogen) atoms. The third-order valence-corrected chi connectivity index (χ3v) is 6.70. The third-order valence-electron chi connectivity index (χ3n) is 4.42. The molecule has 2 heterocycles. The number of nitrogens with zero attached hydrogens (tertiary/aromatic N) is 2. The first-order valence-corrected chi connectivity index (χ1v) is 10.1. The van der Waals surface area contributed by atoms with Gasteiger partial charge in [0.15, 0.2) is 9.84 Å². The lowest BCUT2D eigenvalue weighted by Crippen LogP contribution is -2.52. The summed E-state index contributed by atoms with van der Waals surface area (Å²) < 4.78 is 24.1. The zero-order valence-electron chi connectivity index (χ0n) is 12.2. The summed E-state index contributed by atoms with van der Waals surface area (Å²) in [6, 6.07) is 7.51. The average molecular weight is 387 g/mol. The van der Waals surface area contributed by atoms with Crippen LogP contribution in [0.1, 0.15) is 16.8 Å². The van der Waals surface area contributed by atoms with Crippen LogP contribution in [0.3, 0.4) is 0 Å². The molecule has 0 spiro atoms. The minimum Gasteiger partial charge on any atom is -0.336 e. The maximum Gasteiger partial charge on any atom is 0.253 e. The molecule has 0 aliphatic carbocycles. The lowest BCUT2D eigenvalue weighted by atomic mass is 10.1. The van der Waals surface area contributed by atoms with Crippen LogP contribution in [0.5, 0.6) is 0 Å². The molecule has 0 N–H and O–H groups in total. The fourth-order valence-electron chi connectivity index (χ4n) is 3.13. The largest absolute Gasteiger partial charge is 0.336 e. The Balaban J connectivity index is 1.57. The first-order valence-electron chi connectivity index (χ1n) is 7.44. The van der Waals surface area contributed by atoms with Crippen molar-refractivity contribution < 1.29 is 13.2 Å². The molecule has 1 atom stereocenters. The number of carbonyl (C=O) groups is 1. The van der Waals surface area contributed by atoms with Crippen molar-refractivity contribution in [2.75, 3.05) is 37.7 Å². The van der Waals surface area contributed by atoms with Gasteiger partial charge in [-0.15, -0.1) is 0 Å². The smallest absolute Gasteiger partial charge is 0.253 e. The van der Waals surface area contributed by atoms with Gasteiger partial charge in [0, 0.05) is 42.3 Å². The molecule has 7 heteroatoms. The zero-order chi connectivity index (χ0) is 15.7. The minimum absolute atomic E-state index is 0.0474. The predicted molar refractivity (Wildman–Crippen MR) is 88.7 cm³/mol. The average Bonchev–Trinajstić information content (AvgIpc) is 2.88. The molecule has 1 aromatic rings. The molecule has 2 aliphatic rings. The van der Waals surface area contributed by atoms with Gasteiger partial charge in [0.2, 0.25) is 0 Å². The van der Waals surface area contributed by atoms with E-state index >= 15 is 0 Å². The van der Waals surface area contributed by atoms with E-state index in [1.165, 1.54) is 0 Å². The summed E-state index contributed by atoms with van der Waals surface area (Å²) in [5, 5.41) is 0. The topological polar surface area (TPSA) is 57.7 Å². The van der Waals surface area contributed by atoms with Crippen molar-refractivity contribution in [1.29, 1.82) is 0 Å². The Hall–Kier alpha value is -0.920. The highest BCUT2D eigenvalue weighted by atomic mass is 79.9. The number of rotatable bonds is 2. The summed E-state index contributed by atoms with van der Waals surface area (Å²) in [6.45, 7) is 2.82. The highest BCUT2D eigenvalue weighted by Crippen LogP contribution is 2.20. The van der Waals surface area contributed by atoms with E-state index in [0.717, 1.165) is 24.0 Å². The summed E-state index contributed by atoms with van der Waals surface area (Å²) in [4.78, 5) is 16.5. The van der Waals surface area contributed by atoms with Crippen LogP contribution in [0.25, 0.3) is 0 Å². The van der Waals surface area contributed by atoms with Crippen molar-refractivity contribution in [1.82, 2.24) is 9.80 Å². The second kappa shape index (κ2) is 6.29. The van der Waals surface area contributed by atoms with E-state index < -0.39 is 9.84 Å². The van der Waals surface area contributed by atoms with Crippen LogP contribution in [-0.4, -0.2) is 67.9 Å². The van der Waals surface area contributed by atoms with Crippen LogP contribution in [0.15, 0.2) is 28.7 Å². The van der Waals surface area contributed by atoms with Crippen LogP contribution in [0, 0.1) is 0 Å². The van der Waals surface area contributed by atoms with Gasteiger partial charge >= 0.3 is 0 Å². The Morgan fingerprint density at radius 3 is 2.27 bits per heavy atom. The molecule has 1 aromatic carbocycles. The Morgan fingerprint density at radius 2 is 1.73 bits per heavy atom. The quantitative estimate of drug-likeness (QED) is 0.770. The number of piperazine rings is 1. The molecule has 2 aliphatic heterocycles. The molecular formula is C15H19BrN2O3S. The van der Waals surface area contributed by atoms with E-state index in [-0.39, 0.29) is 17.7 Å². The number of sulfone groups is 1. The molecule has 5 nitrogen and oxygen atoms in total. The number of amides is 1.